The van der Waals surface area contributed by atoms with Gasteiger partial charge in [-0.2, -0.15) is 0 Å². The second-order valence-corrected chi connectivity index (χ2v) is 5.47. The Bertz CT molecular complexity index is 655. The predicted octanol–water partition coefficient (Wildman–Crippen LogP) is 3.26. The molecule has 98 valence electrons. The zero-order valence-electron chi connectivity index (χ0n) is 11.0. The molecule has 1 N–H and O–H groups in total. The van der Waals surface area contributed by atoms with E-state index in [4.69, 9.17) is 0 Å². The van der Waals surface area contributed by atoms with Crippen LogP contribution in [0.4, 0.5) is 0 Å². The lowest BCUT2D eigenvalue weighted by Crippen LogP contribution is -2.15. The minimum Gasteiger partial charge on any atom is -0.336 e. The van der Waals surface area contributed by atoms with Gasteiger partial charge >= 0.3 is 0 Å². The van der Waals surface area contributed by atoms with Gasteiger partial charge < -0.3 is 9.88 Å². The molecule has 2 heterocycles. The smallest absolute Gasteiger partial charge is 0.112 e. The van der Waals surface area contributed by atoms with Gasteiger partial charge in [0, 0.05) is 29.3 Å². The van der Waals surface area contributed by atoms with Crippen LogP contribution in [-0.2, 0) is 13.1 Å². The molecular formula is C15H17N3S. The Hall–Kier alpha value is -1.65. The third-order valence-corrected chi connectivity index (χ3v) is 3.99. The average Bonchev–Trinajstić information content (AvgIpc) is 3.06. The largest absolute Gasteiger partial charge is 0.336 e. The van der Waals surface area contributed by atoms with Crippen molar-refractivity contribution in [3.05, 3.63) is 52.6 Å². The van der Waals surface area contributed by atoms with E-state index in [9.17, 15) is 0 Å². The molecule has 0 bridgehead atoms. The molecule has 0 radical (unpaired) electrons. The molecule has 4 heteroatoms. The van der Waals surface area contributed by atoms with Crippen LogP contribution in [0.2, 0.25) is 0 Å². The Labute approximate surface area is 116 Å². The van der Waals surface area contributed by atoms with Crippen LogP contribution in [0.1, 0.15) is 17.6 Å². The van der Waals surface area contributed by atoms with Crippen molar-refractivity contribution in [1.29, 1.82) is 0 Å². The fraction of sp³-hybridized carbons (Fsp3) is 0.267. The molecule has 0 saturated carbocycles. The molecule has 3 aromatic rings. The normalized spacial score (nSPS) is 11.2. The number of hydrogen-bond acceptors (Lipinski definition) is 3. The fourth-order valence-corrected chi connectivity index (χ4v) is 2.92. The Balaban J connectivity index is 2.02. The molecule has 0 saturated heterocycles. The summed E-state index contributed by atoms with van der Waals surface area (Å²) in [5.74, 6) is 0. The van der Waals surface area contributed by atoms with Gasteiger partial charge in [-0.3, -0.25) is 0 Å². The first-order valence-electron chi connectivity index (χ1n) is 6.54. The van der Waals surface area contributed by atoms with Gasteiger partial charge in [0.2, 0.25) is 0 Å². The highest BCUT2D eigenvalue weighted by Crippen LogP contribution is 2.21. The van der Waals surface area contributed by atoms with Crippen LogP contribution < -0.4 is 5.32 Å². The lowest BCUT2D eigenvalue weighted by molar-refractivity contribution is 0.665. The van der Waals surface area contributed by atoms with Crippen molar-refractivity contribution < 1.29 is 0 Å². The minimum atomic E-state index is 0.853. The van der Waals surface area contributed by atoms with E-state index < -0.39 is 0 Å². The summed E-state index contributed by atoms with van der Waals surface area (Å²) in [6.45, 7) is 4.87. The van der Waals surface area contributed by atoms with E-state index >= 15 is 0 Å². The number of hydrogen-bond donors (Lipinski definition) is 1. The maximum atomic E-state index is 4.40. The number of thiazole rings is 1. The molecular weight excluding hydrogens is 254 g/mol. The highest BCUT2D eigenvalue weighted by molar-refractivity contribution is 7.09. The van der Waals surface area contributed by atoms with E-state index in [0.29, 0.717) is 0 Å². The number of para-hydroxylation sites is 1. The van der Waals surface area contributed by atoms with Crippen molar-refractivity contribution in [2.75, 3.05) is 6.54 Å². The summed E-state index contributed by atoms with van der Waals surface area (Å²) in [6.07, 6.45) is 1.87. The van der Waals surface area contributed by atoms with E-state index in [0.717, 1.165) is 24.6 Å². The van der Waals surface area contributed by atoms with Gasteiger partial charge in [0.15, 0.2) is 0 Å². The third kappa shape index (κ3) is 2.55. The lowest BCUT2D eigenvalue weighted by atomic mass is 10.2. The Morgan fingerprint density at radius 1 is 1.32 bits per heavy atom. The Morgan fingerprint density at radius 3 is 3.00 bits per heavy atom. The van der Waals surface area contributed by atoms with Crippen LogP contribution in [0.5, 0.6) is 0 Å². The second kappa shape index (κ2) is 5.55. The Kier molecular flexibility index (Phi) is 3.62. The van der Waals surface area contributed by atoms with E-state index in [-0.39, 0.29) is 0 Å². The molecule has 0 aliphatic heterocycles. The van der Waals surface area contributed by atoms with Crippen LogP contribution in [-0.4, -0.2) is 16.1 Å². The monoisotopic (exact) mass is 271 g/mol. The van der Waals surface area contributed by atoms with Crippen molar-refractivity contribution in [1.82, 2.24) is 14.9 Å². The maximum Gasteiger partial charge on any atom is 0.112 e. The maximum absolute atomic E-state index is 4.40. The van der Waals surface area contributed by atoms with Crippen molar-refractivity contribution in [3.63, 3.8) is 0 Å². The topological polar surface area (TPSA) is 29.9 Å². The number of aromatic nitrogens is 2. The second-order valence-electron chi connectivity index (χ2n) is 4.49. The van der Waals surface area contributed by atoms with Crippen molar-refractivity contribution >= 4 is 22.2 Å². The Morgan fingerprint density at radius 2 is 2.21 bits per heavy atom. The molecule has 19 heavy (non-hydrogen) atoms. The van der Waals surface area contributed by atoms with E-state index in [2.05, 4.69) is 52.1 Å². The van der Waals surface area contributed by atoms with Crippen molar-refractivity contribution in [2.24, 2.45) is 0 Å². The minimum absolute atomic E-state index is 0.853. The molecule has 0 aliphatic rings. The van der Waals surface area contributed by atoms with Gasteiger partial charge in [-0.1, -0.05) is 25.1 Å². The summed E-state index contributed by atoms with van der Waals surface area (Å²) in [5.41, 5.74) is 2.60. The summed E-state index contributed by atoms with van der Waals surface area (Å²) < 4.78 is 2.36. The van der Waals surface area contributed by atoms with Gasteiger partial charge in [-0.15, -0.1) is 11.3 Å². The first-order chi connectivity index (χ1) is 9.38. The van der Waals surface area contributed by atoms with E-state index in [1.165, 1.54) is 16.6 Å². The molecule has 0 fully saturated rings. The van der Waals surface area contributed by atoms with Gasteiger partial charge in [0.1, 0.15) is 5.01 Å². The summed E-state index contributed by atoms with van der Waals surface area (Å²) in [6, 6.07) is 10.8. The van der Waals surface area contributed by atoms with Gasteiger partial charge in [-0.05, 0) is 24.1 Å². The molecule has 3 rings (SSSR count). The molecule has 0 unspecified atom stereocenters. The van der Waals surface area contributed by atoms with Crippen molar-refractivity contribution in [3.8, 4) is 0 Å². The first-order valence-corrected chi connectivity index (χ1v) is 7.42. The number of fused-ring (bicyclic) bond motifs is 1. The standard InChI is InChI=1S/C15H17N3S/c1-2-16-10-13-9-12-5-3-4-6-14(12)18(13)11-15-17-7-8-19-15/h3-9,16H,2,10-11H2,1H3. The molecule has 0 spiro atoms. The molecule has 0 amide bonds. The summed E-state index contributed by atoms with van der Waals surface area (Å²) in [7, 11) is 0. The van der Waals surface area contributed by atoms with Crippen molar-refractivity contribution in [2.45, 2.75) is 20.0 Å². The van der Waals surface area contributed by atoms with E-state index in [1.807, 2.05) is 11.6 Å². The van der Waals surface area contributed by atoms with Gasteiger partial charge in [0.25, 0.3) is 0 Å². The molecule has 0 aliphatic carbocycles. The summed E-state index contributed by atoms with van der Waals surface area (Å²) in [5, 5.41) is 7.89. The predicted molar refractivity (Wildman–Crippen MR) is 80.5 cm³/mol. The van der Waals surface area contributed by atoms with Crippen LogP contribution in [0.3, 0.4) is 0 Å². The molecule has 1 aromatic carbocycles. The van der Waals surface area contributed by atoms with Crippen LogP contribution in [0.25, 0.3) is 10.9 Å². The van der Waals surface area contributed by atoms with Crippen LogP contribution in [0, 0.1) is 0 Å². The molecule has 2 aromatic heterocycles. The SMILES string of the molecule is CCNCc1cc2ccccc2n1Cc1nccs1. The van der Waals surface area contributed by atoms with E-state index in [1.54, 1.807) is 11.3 Å². The van der Waals surface area contributed by atoms with Gasteiger partial charge in [-0.25, -0.2) is 4.98 Å². The average molecular weight is 271 g/mol. The summed E-state index contributed by atoms with van der Waals surface area (Å²) in [4.78, 5) is 4.40. The number of nitrogens with zero attached hydrogens (tertiary/aromatic N) is 2. The highest BCUT2D eigenvalue weighted by Gasteiger charge is 2.09. The van der Waals surface area contributed by atoms with Crippen LogP contribution in [0.15, 0.2) is 41.9 Å². The quantitative estimate of drug-likeness (QED) is 0.772. The van der Waals surface area contributed by atoms with Gasteiger partial charge in [0.05, 0.1) is 6.54 Å². The number of rotatable bonds is 5. The zero-order valence-corrected chi connectivity index (χ0v) is 11.8. The zero-order chi connectivity index (χ0) is 13.1. The lowest BCUT2D eigenvalue weighted by Gasteiger charge is -2.09. The fourth-order valence-electron chi connectivity index (χ4n) is 2.32. The highest BCUT2D eigenvalue weighted by atomic mass is 32.1. The molecule has 0 atom stereocenters. The number of nitrogens with one attached hydrogen (secondary N) is 1. The third-order valence-electron chi connectivity index (χ3n) is 3.23. The van der Waals surface area contributed by atoms with Crippen LogP contribution >= 0.6 is 11.3 Å². The number of benzene rings is 1. The first kappa shape index (κ1) is 12.4. The molecule has 3 nitrogen and oxygen atoms in total. The summed E-state index contributed by atoms with van der Waals surface area (Å²) >= 11 is 1.71.